The fourth-order valence-corrected chi connectivity index (χ4v) is 3.64. The minimum absolute atomic E-state index is 0.150. The van der Waals surface area contributed by atoms with Crippen LogP contribution in [0.3, 0.4) is 0 Å². The number of nitrogens with zero attached hydrogens (tertiary/aromatic N) is 1. The van der Waals surface area contributed by atoms with E-state index >= 15 is 0 Å². The number of carbonyl (C=O) groups excluding carboxylic acids is 1. The summed E-state index contributed by atoms with van der Waals surface area (Å²) in [5.41, 5.74) is 10.5. The zero-order valence-corrected chi connectivity index (χ0v) is 13.2. The van der Waals surface area contributed by atoms with Crippen molar-refractivity contribution in [2.24, 2.45) is 12.5 Å². The monoisotopic (exact) mass is 294 g/mol. The molecule has 0 amide bonds. The van der Waals surface area contributed by atoms with Crippen LogP contribution in [-0.2, 0) is 13.5 Å². The molecule has 4 heteroatoms. The highest BCUT2D eigenvalue weighted by atomic mass is 16.1. The number of para-hydroxylation sites is 1. The number of nitrogens with two attached hydrogens (primary N) is 1. The molecular formula is C18H20N3O+. The van der Waals surface area contributed by atoms with Gasteiger partial charge in [-0.15, -0.1) is 0 Å². The van der Waals surface area contributed by atoms with Gasteiger partial charge in [-0.25, -0.2) is 9.55 Å². The molecule has 2 aromatic heterocycles. The molecule has 112 valence electrons. The molecule has 0 unspecified atom stereocenters. The number of hydrogen-bond donors (Lipinski definition) is 1. The van der Waals surface area contributed by atoms with Crippen molar-refractivity contribution >= 4 is 33.4 Å². The van der Waals surface area contributed by atoms with Gasteiger partial charge >= 0.3 is 0 Å². The van der Waals surface area contributed by atoms with Crippen molar-refractivity contribution in [1.82, 2.24) is 4.57 Å². The molecule has 3 aromatic rings. The first kappa shape index (κ1) is 13.3. The van der Waals surface area contributed by atoms with Crippen LogP contribution in [0, 0.1) is 5.41 Å². The Morgan fingerprint density at radius 2 is 2.00 bits per heavy atom. The summed E-state index contributed by atoms with van der Waals surface area (Å²) >= 11 is 0. The predicted molar refractivity (Wildman–Crippen MR) is 87.8 cm³/mol. The summed E-state index contributed by atoms with van der Waals surface area (Å²) in [5.74, 6) is 0.150. The first-order valence-corrected chi connectivity index (χ1v) is 7.67. The second-order valence-corrected chi connectivity index (χ2v) is 6.91. The number of aromatic nitrogens is 2. The summed E-state index contributed by atoms with van der Waals surface area (Å²) in [6, 6.07) is 8.16. The SMILES string of the molecule is Cn1c2ccccc2c2c(N)c3c([nH+]c21)CCC(C)(C)C3=O. The first-order chi connectivity index (χ1) is 10.4. The van der Waals surface area contributed by atoms with E-state index in [-0.39, 0.29) is 11.2 Å². The van der Waals surface area contributed by atoms with Gasteiger partial charge < -0.3 is 5.73 Å². The molecule has 0 atom stereocenters. The number of benzene rings is 1. The van der Waals surface area contributed by atoms with E-state index in [1.165, 1.54) is 0 Å². The summed E-state index contributed by atoms with van der Waals surface area (Å²) in [7, 11) is 2.03. The number of aromatic amines is 1. The Balaban J connectivity index is 2.18. The average Bonchev–Trinajstić information content (AvgIpc) is 2.77. The van der Waals surface area contributed by atoms with Gasteiger partial charge in [-0.05, 0) is 18.6 Å². The largest absolute Gasteiger partial charge is 0.397 e. The maximum atomic E-state index is 12.8. The van der Waals surface area contributed by atoms with Crippen molar-refractivity contribution in [3.8, 4) is 0 Å². The summed E-state index contributed by atoms with van der Waals surface area (Å²) in [5, 5.41) is 2.05. The fourth-order valence-electron chi connectivity index (χ4n) is 3.64. The highest BCUT2D eigenvalue weighted by Gasteiger charge is 2.39. The molecule has 0 spiro atoms. The van der Waals surface area contributed by atoms with Crippen LogP contribution in [0.25, 0.3) is 21.9 Å². The van der Waals surface area contributed by atoms with Crippen LogP contribution in [0.15, 0.2) is 24.3 Å². The molecule has 4 nitrogen and oxygen atoms in total. The summed E-state index contributed by atoms with van der Waals surface area (Å²) in [6.07, 6.45) is 1.71. The fraction of sp³-hybridized carbons (Fsp3) is 0.333. The third kappa shape index (κ3) is 1.52. The molecule has 0 saturated heterocycles. The van der Waals surface area contributed by atoms with E-state index < -0.39 is 0 Å². The summed E-state index contributed by atoms with van der Waals surface area (Å²) in [6.45, 7) is 4.01. The van der Waals surface area contributed by atoms with Crippen LogP contribution in [0.4, 0.5) is 5.69 Å². The quantitative estimate of drug-likeness (QED) is 0.693. The minimum atomic E-state index is -0.340. The molecule has 3 N–H and O–H groups in total. The number of fused-ring (bicyclic) bond motifs is 4. The average molecular weight is 294 g/mol. The van der Waals surface area contributed by atoms with Gasteiger partial charge in [0.2, 0.25) is 0 Å². The van der Waals surface area contributed by atoms with Crippen molar-refractivity contribution in [2.45, 2.75) is 26.7 Å². The molecule has 2 heterocycles. The van der Waals surface area contributed by atoms with E-state index in [2.05, 4.69) is 21.7 Å². The first-order valence-electron chi connectivity index (χ1n) is 7.67. The van der Waals surface area contributed by atoms with E-state index in [0.29, 0.717) is 11.3 Å². The van der Waals surface area contributed by atoms with Crippen LogP contribution < -0.4 is 10.7 Å². The number of ketones is 1. The van der Waals surface area contributed by atoms with Gasteiger partial charge in [0.05, 0.1) is 23.7 Å². The topological polar surface area (TPSA) is 62.2 Å². The van der Waals surface area contributed by atoms with E-state index in [1.54, 1.807) is 0 Å². The van der Waals surface area contributed by atoms with Crippen molar-refractivity contribution < 1.29 is 9.78 Å². The Bertz CT molecular complexity index is 950. The Kier molecular flexibility index (Phi) is 2.48. The van der Waals surface area contributed by atoms with Gasteiger partial charge in [-0.1, -0.05) is 26.0 Å². The number of aryl methyl sites for hydroxylation is 2. The zero-order valence-electron chi connectivity index (χ0n) is 13.2. The van der Waals surface area contributed by atoms with E-state index in [4.69, 9.17) is 5.73 Å². The molecule has 0 bridgehead atoms. The predicted octanol–water partition coefficient (Wildman–Crippen LogP) is 2.88. The van der Waals surface area contributed by atoms with Gasteiger partial charge in [0, 0.05) is 17.2 Å². The van der Waals surface area contributed by atoms with Crippen molar-refractivity contribution in [3.05, 3.63) is 35.5 Å². The van der Waals surface area contributed by atoms with Gasteiger partial charge in [-0.2, -0.15) is 0 Å². The highest BCUT2D eigenvalue weighted by Crippen LogP contribution is 2.40. The Morgan fingerprint density at radius 3 is 2.77 bits per heavy atom. The number of pyridine rings is 1. The summed E-state index contributed by atoms with van der Waals surface area (Å²) < 4.78 is 2.12. The number of rotatable bonds is 0. The molecule has 0 fully saturated rings. The number of Topliss-reactive ketones (excluding diaryl/α,β-unsaturated/α-hetero) is 1. The summed E-state index contributed by atoms with van der Waals surface area (Å²) in [4.78, 5) is 16.3. The number of carbonyl (C=O) groups is 1. The van der Waals surface area contributed by atoms with E-state index in [1.807, 2.05) is 33.0 Å². The Labute approximate surface area is 128 Å². The lowest BCUT2D eigenvalue weighted by molar-refractivity contribution is -0.362. The maximum absolute atomic E-state index is 12.8. The third-order valence-electron chi connectivity index (χ3n) is 5.06. The zero-order chi connectivity index (χ0) is 15.6. The lowest BCUT2D eigenvalue weighted by atomic mass is 9.74. The smallest absolute Gasteiger partial charge is 0.289 e. The standard InChI is InChI=1S/C18H19N3O/c1-18(2)9-8-11-14(16(18)22)15(19)13-10-6-4-5-7-12(10)21(3)17(13)20-11/h4-7H,8-9H2,1-3H3,(H2,19,20)/p+1. The maximum Gasteiger partial charge on any atom is 0.289 e. The van der Waals surface area contributed by atoms with Crippen molar-refractivity contribution in [1.29, 1.82) is 0 Å². The van der Waals surface area contributed by atoms with Crippen molar-refractivity contribution in [2.75, 3.05) is 5.73 Å². The normalized spacial score (nSPS) is 17.1. The molecule has 22 heavy (non-hydrogen) atoms. The van der Waals surface area contributed by atoms with Crippen LogP contribution in [-0.4, -0.2) is 10.4 Å². The molecule has 0 aliphatic heterocycles. The van der Waals surface area contributed by atoms with Gasteiger partial charge in [0.15, 0.2) is 5.78 Å². The van der Waals surface area contributed by atoms with E-state index in [0.717, 1.165) is 40.5 Å². The molecule has 1 aliphatic carbocycles. The third-order valence-corrected chi connectivity index (χ3v) is 5.06. The number of nitrogen functional groups attached to an aromatic ring is 1. The van der Waals surface area contributed by atoms with Crippen molar-refractivity contribution in [3.63, 3.8) is 0 Å². The molecule has 4 rings (SSSR count). The molecular weight excluding hydrogens is 274 g/mol. The highest BCUT2D eigenvalue weighted by molar-refractivity contribution is 6.17. The van der Waals surface area contributed by atoms with Gasteiger partial charge in [0.25, 0.3) is 5.65 Å². The van der Waals surface area contributed by atoms with E-state index in [9.17, 15) is 4.79 Å². The van der Waals surface area contributed by atoms with Crippen LogP contribution in [0.1, 0.15) is 36.3 Å². The lowest BCUT2D eigenvalue weighted by Gasteiger charge is -2.28. The number of hydrogen-bond acceptors (Lipinski definition) is 2. The molecule has 1 aromatic carbocycles. The second kappa shape index (κ2) is 4.09. The molecule has 1 aliphatic rings. The van der Waals surface area contributed by atoms with Gasteiger partial charge in [0.1, 0.15) is 11.2 Å². The van der Waals surface area contributed by atoms with Gasteiger partial charge in [-0.3, -0.25) is 4.79 Å². The number of anilines is 1. The molecule has 0 saturated carbocycles. The second-order valence-electron chi connectivity index (χ2n) is 6.91. The lowest BCUT2D eigenvalue weighted by Crippen LogP contribution is -2.35. The van der Waals surface area contributed by atoms with Crippen LogP contribution in [0.2, 0.25) is 0 Å². The Hall–Kier alpha value is -2.36. The van der Waals surface area contributed by atoms with Crippen LogP contribution in [0.5, 0.6) is 0 Å². The Morgan fingerprint density at radius 1 is 1.27 bits per heavy atom. The number of H-pyrrole nitrogens is 1. The van der Waals surface area contributed by atoms with Crippen LogP contribution >= 0.6 is 0 Å². The molecule has 0 radical (unpaired) electrons. The minimum Gasteiger partial charge on any atom is -0.397 e. The number of nitrogens with one attached hydrogen (secondary N) is 1.